The average molecular weight is 380 g/mol. The van der Waals surface area contributed by atoms with Crippen LogP contribution < -0.4 is 4.74 Å². The van der Waals surface area contributed by atoms with Gasteiger partial charge in [0.1, 0.15) is 10.8 Å². The van der Waals surface area contributed by atoms with Crippen molar-refractivity contribution >= 4 is 28.9 Å². The minimum Gasteiger partial charge on any atom is -0.482 e. The lowest BCUT2D eigenvalue weighted by atomic mass is 10.2. The molecule has 2 rings (SSSR count). The van der Waals surface area contributed by atoms with Crippen LogP contribution in [0.4, 0.5) is 13.2 Å². The van der Waals surface area contributed by atoms with Gasteiger partial charge in [0.15, 0.2) is 6.61 Å². The standard InChI is InChI=1S/C15H13ClF3NO3S/c1-8-5-10(16)3-4-11(8)22-6-12(21)23-13(15(17,18)19)14-20-9(2)7-24-14/h3-5,7,13H,6H2,1-2H3. The van der Waals surface area contributed by atoms with Crippen LogP contribution in [0.1, 0.15) is 22.4 Å². The Kier molecular flexibility index (Phi) is 5.71. The fraction of sp³-hybridized carbons (Fsp3) is 0.333. The van der Waals surface area contributed by atoms with Gasteiger partial charge in [0.25, 0.3) is 0 Å². The van der Waals surface area contributed by atoms with Crippen molar-refractivity contribution in [3.05, 3.63) is 44.9 Å². The van der Waals surface area contributed by atoms with Crippen LogP contribution in [0.2, 0.25) is 5.02 Å². The molecule has 0 amide bonds. The third kappa shape index (κ3) is 4.85. The first-order valence-corrected chi connectivity index (χ1v) is 7.99. The molecular formula is C15H13ClF3NO3S. The van der Waals surface area contributed by atoms with Crippen LogP contribution >= 0.6 is 22.9 Å². The molecule has 1 aromatic carbocycles. The highest BCUT2D eigenvalue weighted by Gasteiger charge is 2.46. The molecule has 24 heavy (non-hydrogen) atoms. The number of hydrogen-bond donors (Lipinski definition) is 0. The molecule has 0 aliphatic rings. The van der Waals surface area contributed by atoms with Gasteiger partial charge < -0.3 is 9.47 Å². The van der Waals surface area contributed by atoms with Crippen molar-refractivity contribution in [3.63, 3.8) is 0 Å². The zero-order valence-corrected chi connectivity index (χ0v) is 14.3. The van der Waals surface area contributed by atoms with Crippen LogP contribution in [0.25, 0.3) is 0 Å². The van der Waals surface area contributed by atoms with E-state index in [0.717, 1.165) is 11.3 Å². The van der Waals surface area contributed by atoms with Crippen molar-refractivity contribution in [2.75, 3.05) is 6.61 Å². The maximum atomic E-state index is 13.1. The summed E-state index contributed by atoms with van der Waals surface area (Å²) in [6.07, 6.45) is -7.16. The van der Waals surface area contributed by atoms with E-state index in [-0.39, 0.29) is 5.01 Å². The SMILES string of the molecule is Cc1csc(C(OC(=O)COc2ccc(Cl)cc2C)C(F)(F)F)n1. The molecule has 1 aromatic heterocycles. The van der Waals surface area contributed by atoms with Gasteiger partial charge in [0.2, 0.25) is 6.10 Å². The van der Waals surface area contributed by atoms with Gasteiger partial charge in [0, 0.05) is 16.1 Å². The summed E-state index contributed by atoms with van der Waals surface area (Å²) in [6.45, 7) is 2.60. The first-order chi connectivity index (χ1) is 11.2. The summed E-state index contributed by atoms with van der Waals surface area (Å²) >= 11 is 6.57. The van der Waals surface area contributed by atoms with Crippen LogP contribution in [-0.4, -0.2) is 23.7 Å². The number of rotatable bonds is 5. The predicted octanol–water partition coefficient (Wildman–Crippen LogP) is 4.64. The van der Waals surface area contributed by atoms with Gasteiger partial charge in [0.05, 0.1) is 0 Å². The Morgan fingerprint density at radius 1 is 1.38 bits per heavy atom. The van der Waals surface area contributed by atoms with Crippen LogP contribution in [-0.2, 0) is 9.53 Å². The lowest BCUT2D eigenvalue weighted by Crippen LogP contribution is -2.28. The van der Waals surface area contributed by atoms with Crippen molar-refractivity contribution in [1.82, 2.24) is 4.98 Å². The molecule has 1 heterocycles. The van der Waals surface area contributed by atoms with Crippen LogP contribution in [0.5, 0.6) is 5.75 Å². The van der Waals surface area contributed by atoms with Gasteiger partial charge in [-0.3, -0.25) is 0 Å². The molecule has 0 bridgehead atoms. The van der Waals surface area contributed by atoms with E-state index in [1.165, 1.54) is 11.4 Å². The molecule has 0 N–H and O–H groups in total. The van der Waals surface area contributed by atoms with Gasteiger partial charge in [-0.25, -0.2) is 9.78 Å². The number of carbonyl (C=O) groups excluding carboxylic acids is 1. The first-order valence-electron chi connectivity index (χ1n) is 6.74. The molecule has 2 aromatic rings. The van der Waals surface area contributed by atoms with E-state index in [0.29, 0.717) is 22.0 Å². The van der Waals surface area contributed by atoms with E-state index in [4.69, 9.17) is 16.3 Å². The van der Waals surface area contributed by atoms with Crippen molar-refractivity contribution in [2.45, 2.75) is 26.1 Å². The quantitative estimate of drug-likeness (QED) is 0.710. The highest BCUT2D eigenvalue weighted by molar-refractivity contribution is 7.09. The molecule has 0 aliphatic carbocycles. The fourth-order valence-electron chi connectivity index (χ4n) is 1.83. The van der Waals surface area contributed by atoms with Crippen molar-refractivity contribution in [1.29, 1.82) is 0 Å². The Morgan fingerprint density at radius 3 is 2.62 bits per heavy atom. The Labute approximate surface area is 145 Å². The van der Waals surface area contributed by atoms with Crippen molar-refractivity contribution in [2.24, 2.45) is 0 Å². The third-order valence-corrected chi connectivity index (χ3v) is 4.13. The summed E-state index contributed by atoms with van der Waals surface area (Å²) in [5, 5.41) is 1.62. The van der Waals surface area contributed by atoms with Gasteiger partial charge in [-0.15, -0.1) is 11.3 Å². The minimum absolute atomic E-state index is 0.323. The molecule has 4 nitrogen and oxygen atoms in total. The molecule has 1 unspecified atom stereocenters. The number of aromatic nitrogens is 1. The summed E-state index contributed by atoms with van der Waals surface area (Å²) in [4.78, 5) is 15.5. The first kappa shape index (κ1) is 18.5. The summed E-state index contributed by atoms with van der Waals surface area (Å²) in [7, 11) is 0. The van der Waals surface area contributed by atoms with Crippen molar-refractivity contribution < 1.29 is 27.4 Å². The number of nitrogens with zero attached hydrogens (tertiary/aromatic N) is 1. The van der Waals surface area contributed by atoms with E-state index in [1.807, 2.05) is 0 Å². The maximum Gasteiger partial charge on any atom is 0.432 e. The zero-order valence-electron chi connectivity index (χ0n) is 12.7. The summed E-state index contributed by atoms with van der Waals surface area (Å²) in [5.41, 5.74) is 1.08. The minimum atomic E-state index is -4.75. The maximum absolute atomic E-state index is 13.1. The number of benzene rings is 1. The van der Waals surface area contributed by atoms with Gasteiger partial charge >= 0.3 is 12.1 Å². The largest absolute Gasteiger partial charge is 0.482 e. The molecule has 9 heteroatoms. The Morgan fingerprint density at radius 2 is 2.08 bits per heavy atom. The zero-order chi connectivity index (χ0) is 17.9. The topological polar surface area (TPSA) is 48.4 Å². The predicted molar refractivity (Wildman–Crippen MR) is 83.4 cm³/mol. The average Bonchev–Trinajstić information content (AvgIpc) is 2.88. The second-order valence-electron chi connectivity index (χ2n) is 4.94. The normalized spacial score (nSPS) is 12.8. The fourth-order valence-corrected chi connectivity index (χ4v) is 2.90. The summed E-state index contributed by atoms with van der Waals surface area (Å²) in [6, 6.07) is 4.68. The monoisotopic (exact) mass is 379 g/mol. The molecule has 0 saturated heterocycles. The molecular weight excluding hydrogens is 367 g/mol. The van der Waals surface area contributed by atoms with Crippen LogP contribution in [0.15, 0.2) is 23.6 Å². The van der Waals surface area contributed by atoms with Gasteiger partial charge in [-0.2, -0.15) is 13.2 Å². The number of thiazole rings is 1. The molecule has 0 spiro atoms. The number of esters is 1. The number of ether oxygens (including phenoxy) is 2. The van der Waals surface area contributed by atoms with E-state index in [1.54, 1.807) is 26.0 Å². The Bertz CT molecular complexity index is 733. The van der Waals surface area contributed by atoms with Crippen LogP contribution in [0.3, 0.4) is 0 Å². The highest BCUT2D eigenvalue weighted by atomic mass is 35.5. The Balaban J connectivity index is 2.03. The molecule has 1 atom stereocenters. The molecule has 130 valence electrons. The third-order valence-electron chi connectivity index (χ3n) is 2.89. The molecule has 0 fully saturated rings. The number of aryl methyl sites for hydroxylation is 2. The van der Waals surface area contributed by atoms with E-state index < -0.39 is 24.9 Å². The van der Waals surface area contributed by atoms with Crippen LogP contribution in [0, 0.1) is 13.8 Å². The van der Waals surface area contributed by atoms with E-state index >= 15 is 0 Å². The number of halogens is 4. The lowest BCUT2D eigenvalue weighted by molar-refractivity contribution is -0.225. The second kappa shape index (κ2) is 7.40. The summed E-state index contributed by atoms with van der Waals surface area (Å²) < 4.78 is 49.0. The van der Waals surface area contributed by atoms with E-state index in [9.17, 15) is 18.0 Å². The number of carbonyl (C=O) groups is 1. The smallest absolute Gasteiger partial charge is 0.432 e. The van der Waals surface area contributed by atoms with Crippen molar-refractivity contribution in [3.8, 4) is 5.75 Å². The lowest BCUT2D eigenvalue weighted by Gasteiger charge is -2.19. The number of alkyl halides is 3. The number of hydrogen-bond acceptors (Lipinski definition) is 5. The highest BCUT2D eigenvalue weighted by Crippen LogP contribution is 2.37. The molecule has 0 radical (unpaired) electrons. The second-order valence-corrected chi connectivity index (χ2v) is 6.26. The van der Waals surface area contributed by atoms with E-state index in [2.05, 4.69) is 9.72 Å². The Hall–Kier alpha value is -1.80. The molecule has 0 aliphatic heterocycles. The molecule has 0 saturated carbocycles. The van der Waals surface area contributed by atoms with Gasteiger partial charge in [-0.05, 0) is 37.6 Å². The van der Waals surface area contributed by atoms with Gasteiger partial charge in [-0.1, -0.05) is 11.6 Å². The summed E-state index contributed by atoms with van der Waals surface area (Å²) in [5.74, 6) is -0.801.